The molecule has 0 bridgehead atoms. The zero-order valence-electron chi connectivity index (χ0n) is 32.0. The summed E-state index contributed by atoms with van der Waals surface area (Å²) in [6.45, 7) is 9.30. The molecule has 310 valence electrons. The molecule has 1 aliphatic carbocycles. The fourth-order valence-corrected chi connectivity index (χ4v) is 7.80. The highest BCUT2D eigenvalue weighted by Gasteiger charge is 2.61. The van der Waals surface area contributed by atoms with E-state index in [-0.39, 0.29) is 82.5 Å². The number of fused-ring (bicyclic) bond motifs is 1. The largest absolute Gasteiger partial charge is 0.481 e. The van der Waals surface area contributed by atoms with Gasteiger partial charge in [0.1, 0.15) is 34.0 Å². The summed E-state index contributed by atoms with van der Waals surface area (Å²) in [5.74, 6) is -3.90. The number of hydrogen-bond acceptors (Lipinski definition) is 12. The number of halogens is 1. The number of benzene rings is 2. The fourth-order valence-electron chi connectivity index (χ4n) is 6.57. The van der Waals surface area contributed by atoms with Gasteiger partial charge in [-0.3, -0.25) is 24.2 Å². The number of carboxylic acid groups (broad SMARTS) is 1. The average Bonchev–Trinajstić information content (AvgIpc) is 3.43. The number of rotatable bonds is 17. The van der Waals surface area contributed by atoms with Crippen molar-refractivity contribution < 1.29 is 60.8 Å². The normalized spacial score (nSPS) is 21.3. The molecule has 0 spiro atoms. The van der Waals surface area contributed by atoms with E-state index in [1.165, 1.54) is 35.2 Å². The summed E-state index contributed by atoms with van der Waals surface area (Å²) in [5, 5.41) is 14.3. The van der Waals surface area contributed by atoms with Crippen molar-refractivity contribution in [1.29, 1.82) is 0 Å². The van der Waals surface area contributed by atoms with Crippen LogP contribution in [0.15, 0.2) is 60.0 Å². The summed E-state index contributed by atoms with van der Waals surface area (Å²) in [4.78, 5) is 67.1. The first kappa shape index (κ1) is 42.9. The van der Waals surface area contributed by atoms with Crippen LogP contribution in [0.4, 0.5) is 19.7 Å². The van der Waals surface area contributed by atoms with Gasteiger partial charge in [0.05, 0.1) is 51.6 Å². The number of carbonyl (C=O) groups excluding carboxylic acids is 4. The van der Waals surface area contributed by atoms with E-state index in [4.69, 9.17) is 24.1 Å². The molecule has 5 rings (SSSR count). The van der Waals surface area contributed by atoms with Crippen LogP contribution in [-0.4, -0.2) is 116 Å². The topological polar surface area (TPSA) is 219 Å². The Morgan fingerprint density at radius 1 is 1.00 bits per heavy atom. The van der Waals surface area contributed by atoms with Gasteiger partial charge in [0.2, 0.25) is 5.91 Å². The number of likely N-dealkylation sites (tertiary alicyclic amines) is 1. The third-order valence-electron chi connectivity index (χ3n) is 9.49. The summed E-state index contributed by atoms with van der Waals surface area (Å²) in [5.41, 5.74) is -1.49. The number of anilines is 1. The summed E-state index contributed by atoms with van der Waals surface area (Å²) in [6.07, 6.45) is -1.46. The molecule has 0 aromatic heterocycles. The lowest BCUT2D eigenvalue weighted by atomic mass is 10.1. The Labute approximate surface area is 329 Å². The first-order chi connectivity index (χ1) is 26.9. The third-order valence-corrected chi connectivity index (χ3v) is 10.9. The molecule has 2 aliphatic heterocycles. The molecule has 57 heavy (non-hydrogen) atoms. The Morgan fingerprint density at radius 2 is 1.72 bits per heavy atom. The Hall–Kier alpha value is -5.27. The van der Waals surface area contributed by atoms with Gasteiger partial charge < -0.3 is 34.7 Å². The minimum atomic E-state index is -4.51. The Balaban J connectivity index is 1.23. The first-order valence-corrected chi connectivity index (χ1v) is 19.9. The second-order valence-corrected chi connectivity index (χ2v) is 16.5. The molecule has 3 aliphatic rings. The van der Waals surface area contributed by atoms with E-state index < -0.39 is 75.0 Å². The van der Waals surface area contributed by atoms with Crippen molar-refractivity contribution in [2.24, 2.45) is 5.92 Å². The van der Waals surface area contributed by atoms with Gasteiger partial charge in [-0.1, -0.05) is 30.3 Å². The molecule has 2 fully saturated rings. The molecule has 4 amide bonds. The van der Waals surface area contributed by atoms with Crippen LogP contribution in [-0.2, 0) is 56.4 Å². The summed E-state index contributed by atoms with van der Waals surface area (Å²) < 4.78 is 65.6. The maximum atomic E-state index is 14.3. The van der Waals surface area contributed by atoms with E-state index in [0.29, 0.717) is 11.1 Å². The molecular weight excluding hydrogens is 770 g/mol. The van der Waals surface area contributed by atoms with Crippen molar-refractivity contribution in [1.82, 2.24) is 19.8 Å². The number of nitrogens with zero attached hydrogens (tertiary/aromatic N) is 2. The van der Waals surface area contributed by atoms with E-state index in [0.717, 1.165) is 4.90 Å². The van der Waals surface area contributed by atoms with Gasteiger partial charge in [0, 0.05) is 31.0 Å². The molecule has 0 radical (unpaired) electrons. The van der Waals surface area contributed by atoms with E-state index >= 15 is 0 Å². The van der Waals surface area contributed by atoms with Crippen molar-refractivity contribution in [3.63, 3.8) is 0 Å². The van der Waals surface area contributed by atoms with Crippen LogP contribution in [0.3, 0.4) is 0 Å². The van der Waals surface area contributed by atoms with Crippen LogP contribution >= 0.6 is 0 Å². The number of nitrogens with one attached hydrogen (secondary N) is 3. The Kier molecular flexibility index (Phi) is 13.5. The maximum Gasteiger partial charge on any atom is 0.411 e. The van der Waals surface area contributed by atoms with Gasteiger partial charge in [-0.15, -0.1) is 6.58 Å². The van der Waals surface area contributed by atoms with Gasteiger partial charge in [0.25, 0.3) is 15.9 Å². The van der Waals surface area contributed by atoms with E-state index in [2.05, 4.69) is 21.9 Å². The number of carboxylic acids is 1. The summed E-state index contributed by atoms with van der Waals surface area (Å²) >= 11 is 0. The van der Waals surface area contributed by atoms with Gasteiger partial charge in [-0.05, 0) is 51.0 Å². The zero-order chi connectivity index (χ0) is 41.5. The standard InChI is InChI=1S/C38H48FN5O12S/c1-5-25-20-38(25,34(48)42-57(51,52)31-12-7-6-11-29(31)40-14-16-54-18-17-53-15-13-32(45)46)41-33(47)30-19-26(22-44(30)36(50)56-37(2,3)4)55-35(49)43-21-24-9-8-10-28(39)27(24)23-43/h5-12,25-26,30,40H,1,13-23H2,2-4H3,(H,41,47)(H,42,48)(H,45,46)/t25-,26-,30+,38-/m1/s1. The van der Waals surface area contributed by atoms with Crippen LogP contribution < -0.4 is 15.4 Å². The lowest BCUT2D eigenvalue weighted by Crippen LogP contribution is -2.56. The molecule has 2 aromatic rings. The molecule has 19 heteroatoms. The van der Waals surface area contributed by atoms with Gasteiger partial charge in [-0.25, -0.2) is 27.1 Å². The highest BCUT2D eigenvalue weighted by Crippen LogP contribution is 2.45. The summed E-state index contributed by atoms with van der Waals surface area (Å²) in [6, 6.07) is 9.17. The van der Waals surface area contributed by atoms with Gasteiger partial charge in [-0.2, -0.15) is 0 Å². The van der Waals surface area contributed by atoms with Crippen LogP contribution in [0.2, 0.25) is 0 Å². The van der Waals surface area contributed by atoms with Crippen LogP contribution in [0.1, 0.15) is 51.2 Å². The molecule has 4 N–H and O–H groups in total. The SMILES string of the molecule is C=C[C@@H]1C[C@]1(NC(=O)[C@@H]1C[C@@H](OC(=O)N2Cc3cccc(F)c3C2)CN1C(=O)OC(C)(C)C)C(=O)NS(=O)(=O)c1ccccc1NCCOCCOCCC(=O)O. The first-order valence-electron chi connectivity index (χ1n) is 18.4. The number of sulfonamides is 1. The number of amides is 4. The molecule has 1 saturated carbocycles. The van der Waals surface area contributed by atoms with E-state index in [1.807, 2.05) is 0 Å². The molecule has 2 heterocycles. The quantitative estimate of drug-likeness (QED) is 0.133. The van der Waals surface area contributed by atoms with Crippen molar-refractivity contribution in [3.8, 4) is 0 Å². The molecule has 2 aromatic carbocycles. The fraction of sp³-hybridized carbons (Fsp3) is 0.500. The maximum absolute atomic E-state index is 14.3. The number of para-hydroxylation sites is 1. The number of hydrogen-bond donors (Lipinski definition) is 4. The van der Waals surface area contributed by atoms with E-state index in [9.17, 15) is 36.8 Å². The Morgan fingerprint density at radius 3 is 2.39 bits per heavy atom. The van der Waals surface area contributed by atoms with Crippen LogP contribution in [0.5, 0.6) is 0 Å². The number of carbonyl (C=O) groups is 5. The Bertz CT molecular complexity index is 1970. The van der Waals surface area contributed by atoms with Gasteiger partial charge >= 0.3 is 18.2 Å². The van der Waals surface area contributed by atoms with Crippen LogP contribution in [0, 0.1) is 11.7 Å². The number of ether oxygens (including phenoxy) is 4. The predicted molar refractivity (Wildman–Crippen MR) is 201 cm³/mol. The van der Waals surface area contributed by atoms with Gasteiger partial charge in [0.15, 0.2) is 0 Å². The third kappa shape index (κ3) is 10.8. The smallest absolute Gasteiger partial charge is 0.411 e. The molecule has 17 nitrogen and oxygen atoms in total. The minimum Gasteiger partial charge on any atom is -0.481 e. The van der Waals surface area contributed by atoms with Crippen molar-refractivity contribution in [2.75, 3.05) is 44.8 Å². The minimum absolute atomic E-state index is 0.0135. The monoisotopic (exact) mass is 817 g/mol. The average molecular weight is 818 g/mol. The predicted octanol–water partition coefficient (Wildman–Crippen LogP) is 3.14. The van der Waals surface area contributed by atoms with Crippen molar-refractivity contribution in [2.45, 2.75) is 81.3 Å². The van der Waals surface area contributed by atoms with E-state index in [1.54, 1.807) is 39.0 Å². The number of aliphatic carboxylic acids is 1. The zero-order valence-corrected chi connectivity index (χ0v) is 32.8. The highest BCUT2D eigenvalue weighted by atomic mass is 32.2. The highest BCUT2D eigenvalue weighted by molar-refractivity contribution is 7.90. The second-order valence-electron chi connectivity index (χ2n) is 14.9. The van der Waals surface area contributed by atoms with Crippen molar-refractivity contribution >= 4 is 45.7 Å². The molecular formula is C38H48FN5O12S. The molecule has 0 unspecified atom stereocenters. The second kappa shape index (κ2) is 17.9. The van der Waals surface area contributed by atoms with Crippen molar-refractivity contribution in [3.05, 3.63) is 72.1 Å². The van der Waals surface area contributed by atoms with Crippen LogP contribution in [0.25, 0.3) is 0 Å². The summed E-state index contributed by atoms with van der Waals surface area (Å²) in [7, 11) is -4.51. The lowest BCUT2D eigenvalue weighted by Gasteiger charge is -2.29. The lowest BCUT2D eigenvalue weighted by molar-refractivity contribution is -0.138. The molecule has 4 atom stereocenters. The molecule has 1 saturated heterocycles.